The number of nitrogens with zero attached hydrogens (tertiary/aromatic N) is 1. The van der Waals surface area contributed by atoms with Crippen molar-refractivity contribution in [3.63, 3.8) is 0 Å². The van der Waals surface area contributed by atoms with Crippen LogP contribution in [0.15, 0.2) is 59.1 Å². The molecule has 0 aliphatic rings. The second-order valence-corrected chi connectivity index (χ2v) is 6.21. The molecule has 0 heterocycles. The molecular weight excluding hydrogens is 392 g/mol. The molecule has 130 valence electrons. The van der Waals surface area contributed by atoms with E-state index in [0.29, 0.717) is 19.5 Å². The van der Waals surface area contributed by atoms with Gasteiger partial charge in [-0.2, -0.15) is 0 Å². The lowest BCUT2D eigenvalue weighted by Crippen LogP contribution is -3.00. The Morgan fingerprint density at radius 3 is 2.38 bits per heavy atom. The number of nitrogens with one attached hydrogen (secondary N) is 1. The molecule has 0 unspecified atom stereocenters. The first-order valence-corrected chi connectivity index (χ1v) is 8.39. The Bertz CT molecular complexity index is 614. The van der Waals surface area contributed by atoms with Crippen LogP contribution in [0.4, 0.5) is 5.69 Å². The second-order valence-electron chi connectivity index (χ2n) is 5.29. The maximum Gasteiger partial charge on any atom is 1.00 e. The fourth-order valence-electron chi connectivity index (χ4n) is 2.27. The zero-order valence-electron chi connectivity index (χ0n) is 14.3. The van der Waals surface area contributed by atoms with Crippen molar-refractivity contribution < 1.29 is 23.7 Å². The molecule has 2 rings (SSSR count). The summed E-state index contributed by atoms with van der Waals surface area (Å²) in [6.07, 6.45) is 0.392. The van der Waals surface area contributed by atoms with Gasteiger partial charge in [0.25, 0.3) is 0 Å². The van der Waals surface area contributed by atoms with Crippen molar-refractivity contribution in [2.24, 2.45) is 0 Å². The van der Waals surface area contributed by atoms with Gasteiger partial charge in [0.1, 0.15) is 0 Å². The fourth-order valence-corrected chi connectivity index (χ4v) is 2.53. The van der Waals surface area contributed by atoms with Crippen LogP contribution in [0, 0.1) is 0 Å². The van der Waals surface area contributed by atoms with Crippen LogP contribution in [0.3, 0.4) is 0 Å². The first-order chi connectivity index (χ1) is 11.2. The number of hydrogen-bond acceptors (Lipinski definition) is 3. The van der Waals surface area contributed by atoms with E-state index in [9.17, 15) is 9.90 Å². The van der Waals surface area contributed by atoms with Crippen LogP contribution in [0.2, 0.25) is 0 Å². The van der Waals surface area contributed by atoms with Gasteiger partial charge in [-0.25, -0.2) is 0 Å². The number of aliphatic hydroxyl groups excluding tert-OH is 1. The average Bonchev–Trinajstić information content (AvgIpc) is 2.56. The van der Waals surface area contributed by atoms with Crippen LogP contribution >= 0.6 is 15.9 Å². The number of benzene rings is 2. The van der Waals surface area contributed by atoms with Crippen LogP contribution in [0.25, 0.3) is 0 Å². The van der Waals surface area contributed by atoms with E-state index in [0.717, 1.165) is 16.7 Å². The molecule has 4 nitrogen and oxygen atoms in total. The van der Waals surface area contributed by atoms with E-state index < -0.39 is 0 Å². The van der Waals surface area contributed by atoms with Crippen molar-refractivity contribution in [2.75, 3.05) is 25.0 Å². The predicted molar refractivity (Wildman–Crippen MR) is 97.3 cm³/mol. The Morgan fingerprint density at radius 1 is 1.08 bits per heavy atom. The van der Waals surface area contributed by atoms with Crippen molar-refractivity contribution in [1.29, 1.82) is 0 Å². The molecule has 0 radical (unpaired) electrons. The highest BCUT2D eigenvalue weighted by Crippen LogP contribution is 2.14. The molecular formula is C18H22BrClN2O2. The Morgan fingerprint density at radius 2 is 1.75 bits per heavy atom. The molecule has 6 heteroatoms. The zero-order valence-corrected chi connectivity index (χ0v) is 15.6. The molecule has 0 saturated carbocycles. The summed E-state index contributed by atoms with van der Waals surface area (Å²) in [7, 11) is 0. The summed E-state index contributed by atoms with van der Waals surface area (Å²) in [6.45, 7) is 1.98. The monoisotopic (exact) mass is 412 g/mol. The normalized spacial score (nSPS) is 10.3. The Hall–Kier alpha value is -1.40. The van der Waals surface area contributed by atoms with Crippen LogP contribution < -0.4 is 17.7 Å². The van der Waals surface area contributed by atoms with Crippen molar-refractivity contribution in [2.45, 2.75) is 13.0 Å². The number of halogens is 2. The summed E-state index contributed by atoms with van der Waals surface area (Å²) >= 11 is 3.37. The molecule has 0 aliphatic heterocycles. The highest BCUT2D eigenvalue weighted by molar-refractivity contribution is 9.10. The third-order valence-corrected chi connectivity index (χ3v) is 3.98. The maximum atomic E-state index is 12.0. The Labute approximate surface area is 158 Å². The third-order valence-electron chi connectivity index (χ3n) is 3.45. The summed E-state index contributed by atoms with van der Waals surface area (Å²) in [5, 5.41) is 12.1. The molecule has 0 aliphatic carbocycles. The van der Waals surface area contributed by atoms with Gasteiger partial charge in [-0.15, -0.1) is 0 Å². The topological polar surface area (TPSA) is 52.6 Å². The summed E-state index contributed by atoms with van der Waals surface area (Å²) in [5.41, 5.74) is 1.96. The summed E-state index contributed by atoms with van der Waals surface area (Å²) in [5.74, 6) is -0.0247. The van der Waals surface area contributed by atoms with Crippen LogP contribution in [-0.4, -0.2) is 35.6 Å². The number of amides is 1. The molecule has 1 amide bonds. The molecule has 0 fully saturated rings. The van der Waals surface area contributed by atoms with Crippen LogP contribution in [0.5, 0.6) is 0 Å². The lowest BCUT2D eigenvalue weighted by Gasteiger charge is -2.21. The van der Waals surface area contributed by atoms with E-state index in [1.54, 1.807) is 0 Å². The minimum absolute atomic E-state index is 0. The largest absolute Gasteiger partial charge is 1.00 e. The van der Waals surface area contributed by atoms with E-state index in [-0.39, 0.29) is 26.3 Å². The predicted octanol–water partition coefficient (Wildman–Crippen LogP) is 0.389. The first kappa shape index (κ1) is 20.6. The minimum Gasteiger partial charge on any atom is -1.00 e. The molecule has 0 aromatic heterocycles. The van der Waals surface area contributed by atoms with E-state index in [1.807, 2.05) is 54.6 Å². The van der Waals surface area contributed by atoms with E-state index in [4.69, 9.17) is 0 Å². The summed E-state index contributed by atoms with van der Waals surface area (Å²) < 4.78 is 0.979. The zero-order chi connectivity index (χ0) is 16.5. The molecule has 0 saturated heterocycles. The molecule has 0 bridgehead atoms. The lowest BCUT2D eigenvalue weighted by molar-refractivity contribution is -0.116. The van der Waals surface area contributed by atoms with Gasteiger partial charge in [-0.3, -0.25) is 9.69 Å². The van der Waals surface area contributed by atoms with Crippen molar-refractivity contribution in [3.8, 4) is 0 Å². The number of carbonyl (C=O) groups excluding carboxylic acids is 1. The van der Waals surface area contributed by atoms with E-state index in [1.165, 1.54) is 5.56 Å². The van der Waals surface area contributed by atoms with Crippen molar-refractivity contribution in [3.05, 3.63) is 64.6 Å². The van der Waals surface area contributed by atoms with Gasteiger partial charge >= 0.3 is 1.43 Å². The number of hydrogen-bond donors (Lipinski definition) is 2. The van der Waals surface area contributed by atoms with Gasteiger partial charge in [-0.1, -0.05) is 46.3 Å². The van der Waals surface area contributed by atoms with Gasteiger partial charge in [0, 0.05) is 36.2 Å². The highest BCUT2D eigenvalue weighted by atomic mass is 79.9. The lowest BCUT2D eigenvalue weighted by atomic mass is 10.2. The van der Waals surface area contributed by atoms with Gasteiger partial charge in [0.15, 0.2) is 0 Å². The summed E-state index contributed by atoms with van der Waals surface area (Å²) in [6, 6.07) is 17.6. The van der Waals surface area contributed by atoms with Gasteiger partial charge in [0.05, 0.1) is 6.61 Å². The molecule has 0 atom stereocenters. The number of carbonyl (C=O) groups is 1. The number of rotatable bonds is 8. The summed E-state index contributed by atoms with van der Waals surface area (Å²) in [4.78, 5) is 14.1. The van der Waals surface area contributed by atoms with Crippen molar-refractivity contribution >= 4 is 27.5 Å². The third kappa shape index (κ3) is 7.45. The molecule has 0 spiro atoms. The number of anilines is 1. The van der Waals surface area contributed by atoms with E-state index >= 15 is 0 Å². The smallest absolute Gasteiger partial charge is 1.00 e. The van der Waals surface area contributed by atoms with Gasteiger partial charge in [0.2, 0.25) is 5.91 Å². The Balaban J connectivity index is 0.00000288. The maximum absolute atomic E-state index is 12.0. The van der Waals surface area contributed by atoms with Gasteiger partial charge < -0.3 is 22.8 Å². The van der Waals surface area contributed by atoms with E-state index in [2.05, 4.69) is 26.1 Å². The SMILES string of the molecule is O=C(CCN(CCO)Cc1ccccc1)Nc1ccc(Br)cc1.[Cl-].[H+]. The standard InChI is InChI=1S/C18H21BrN2O2.ClH/c19-16-6-8-17(9-7-16)20-18(23)10-11-21(12-13-22)14-15-4-2-1-3-5-15;/h1-9,22H,10-14H2,(H,20,23);1H. The average molecular weight is 414 g/mol. The van der Waals surface area contributed by atoms with Crippen molar-refractivity contribution in [1.82, 2.24) is 4.90 Å². The first-order valence-electron chi connectivity index (χ1n) is 7.60. The second kappa shape index (κ2) is 11.2. The number of aliphatic hydroxyl groups is 1. The molecule has 24 heavy (non-hydrogen) atoms. The highest BCUT2D eigenvalue weighted by Gasteiger charge is 2.09. The minimum atomic E-state index is -0.0247. The quantitative estimate of drug-likeness (QED) is 0.658. The van der Waals surface area contributed by atoms with Gasteiger partial charge in [-0.05, 0) is 29.8 Å². The van der Waals surface area contributed by atoms with Crippen LogP contribution in [-0.2, 0) is 11.3 Å². The van der Waals surface area contributed by atoms with Crippen LogP contribution in [0.1, 0.15) is 13.4 Å². The molecule has 2 aromatic rings. The fraction of sp³-hybridized carbons (Fsp3) is 0.278. The Kier molecular flexibility index (Phi) is 9.64. The molecule has 2 aromatic carbocycles. The molecule has 2 N–H and O–H groups in total.